The Balaban J connectivity index is 1.95. The van der Waals surface area contributed by atoms with Gasteiger partial charge in [-0.25, -0.2) is 4.79 Å². The zero-order chi connectivity index (χ0) is 21.6. The number of amides is 2. The van der Waals surface area contributed by atoms with Gasteiger partial charge >= 0.3 is 5.97 Å². The summed E-state index contributed by atoms with van der Waals surface area (Å²) in [7, 11) is 0. The van der Waals surface area contributed by atoms with Crippen molar-refractivity contribution in [3.63, 3.8) is 0 Å². The van der Waals surface area contributed by atoms with Gasteiger partial charge in [-0.05, 0) is 29.0 Å². The second-order valence-electron chi connectivity index (χ2n) is 8.62. The number of nitrogens with zero attached hydrogens (tertiary/aromatic N) is 1. The molecule has 0 radical (unpaired) electrons. The number of rotatable bonds is 6. The summed E-state index contributed by atoms with van der Waals surface area (Å²) in [5, 5.41) is 2.74. The lowest BCUT2D eigenvalue weighted by atomic mass is 9.86. The first-order chi connectivity index (χ1) is 13.6. The fourth-order valence-electron chi connectivity index (χ4n) is 2.97. The van der Waals surface area contributed by atoms with E-state index in [4.69, 9.17) is 9.47 Å². The van der Waals surface area contributed by atoms with Gasteiger partial charge in [-0.1, -0.05) is 46.8 Å². The minimum atomic E-state index is -0.831. The van der Waals surface area contributed by atoms with Crippen LogP contribution in [0.4, 0.5) is 0 Å². The van der Waals surface area contributed by atoms with Crippen LogP contribution in [0.15, 0.2) is 24.3 Å². The van der Waals surface area contributed by atoms with Crippen LogP contribution in [-0.4, -0.2) is 61.6 Å². The summed E-state index contributed by atoms with van der Waals surface area (Å²) in [5.41, 5.74) is 1.59. The minimum absolute atomic E-state index is 0.00764. The number of morpholine rings is 1. The normalized spacial score (nSPS) is 15.7. The zero-order valence-electron chi connectivity index (χ0n) is 18.0. The van der Waals surface area contributed by atoms with Crippen molar-refractivity contribution >= 4 is 17.8 Å². The van der Waals surface area contributed by atoms with Crippen molar-refractivity contribution in [1.29, 1.82) is 0 Å². The molecule has 0 saturated carbocycles. The summed E-state index contributed by atoms with van der Waals surface area (Å²) in [5.74, 6) is -1.39. The quantitative estimate of drug-likeness (QED) is 0.735. The summed E-state index contributed by atoms with van der Waals surface area (Å²) in [6.45, 7) is 11.6. The Kier molecular flexibility index (Phi) is 7.79. The second kappa shape index (κ2) is 9.87. The van der Waals surface area contributed by atoms with Gasteiger partial charge in [0.15, 0.2) is 6.61 Å². The van der Waals surface area contributed by atoms with Crippen LogP contribution >= 0.6 is 0 Å². The van der Waals surface area contributed by atoms with Crippen LogP contribution in [-0.2, 0) is 24.5 Å². The Morgan fingerprint density at radius 2 is 1.69 bits per heavy atom. The molecule has 1 aromatic rings. The van der Waals surface area contributed by atoms with Crippen molar-refractivity contribution in [2.45, 2.75) is 46.1 Å². The first-order valence-electron chi connectivity index (χ1n) is 10.0. The molecule has 1 fully saturated rings. The molecule has 160 valence electrons. The van der Waals surface area contributed by atoms with E-state index in [1.165, 1.54) is 0 Å². The first kappa shape index (κ1) is 22.9. The first-order valence-corrected chi connectivity index (χ1v) is 10.0. The van der Waals surface area contributed by atoms with Gasteiger partial charge < -0.3 is 19.7 Å². The minimum Gasteiger partial charge on any atom is -0.454 e. The average Bonchev–Trinajstić information content (AvgIpc) is 2.69. The Bertz CT molecular complexity index is 716. The summed E-state index contributed by atoms with van der Waals surface area (Å²) < 4.78 is 10.4. The summed E-state index contributed by atoms with van der Waals surface area (Å²) >= 11 is 0. The third kappa shape index (κ3) is 6.56. The van der Waals surface area contributed by atoms with Gasteiger partial charge in [-0.2, -0.15) is 0 Å². The van der Waals surface area contributed by atoms with Crippen molar-refractivity contribution < 1.29 is 23.9 Å². The molecule has 1 aromatic carbocycles. The molecule has 0 aromatic heterocycles. The summed E-state index contributed by atoms with van der Waals surface area (Å²) in [4.78, 5) is 38.9. The third-order valence-corrected chi connectivity index (χ3v) is 4.92. The van der Waals surface area contributed by atoms with Crippen molar-refractivity contribution in [1.82, 2.24) is 10.2 Å². The highest BCUT2D eigenvalue weighted by atomic mass is 16.5. The van der Waals surface area contributed by atoms with Crippen LogP contribution < -0.4 is 5.32 Å². The van der Waals surface area contributed by atoms with Crippen LogP contribution in [0, 0.1) is 5.92 Å². The number of carbonyl (C=O) groups excluding carboxylic acids is 3. The molecule has 0 unspecified atom stereocenters. The number of ether oxygens (including phenoxy) is 2. The van der Waals surface area contributed by atoms with Gasteiger partial charge in [-0.15, -0.1) is 0 Å². The molecule has 0 aliphatic carbocycles. The van der Waals surface area contributed by atoms with Crippen molar-refractivity contribution in [3.8, 4) is 0 Å². The Morgan fingerprint density at radius 1 is 1.10 bits per heavy atom. The zero-order valence-corrected chi connectivity index (χ0v) is 18.0. The van der Waals surface area contributed by atoms with Crippen LogP contribution in [0.1, 0.15) is 50.5 Å². The van der Waals surface area contributed by atoms with Gasteiger partial charge in [0.05, 0.1) is 13.2 Å². The van der Waals surface area contributed by atoms with E-state index in [2.05, 4.69) is 26.1 Å². The van der Waals surface area contributed by atoms with E-state index in [9.17, 15) is 14.4 Å². The fraction of sp³-hybridized carbons (Fsp3) is 0.591. The molecule has 1 heterocycles. The Labute approximate surface area is 172 Å². The van der Waals surface area contributed by atoms with Gasteiger partial charge in [0.1, 0.15) is 6.04 Å². The number of carbonyl (C=O) groups is 3. The molecular weight excluding hydrogens is 372 g/mol. The standard InChI is InChI=1S/C22H32N2O5/c1-15(2)19(21(27)29-14-18(25)24-10-12-28-13-11-24)23-20(26)16-6-8-17(9-7-16)22(3,4)5/h6-9,15,19H,10-14H2,1-5H3,(H,23,26)/t19-/m1/s1. The van der Waals surface area contributed by atoms with Gasteiger partial charge in [0.25, 0.3) is 11.8 Å². The number of hydrogen-bond donors (Lipinski definition) is 1. The van der Waals surface area contributed by atoms with Gasteiger partial charge in [0.2, 0.25) is 0 Å². The Hall–Kier alpha value is -2.41. The molecule has 2 amide bonds. The lowest BCUT2D eigenvalue weighted by Gasteiger charge is -2.27. The largest absolute Gasteiger partial charge is 0.454 e. The van der Waals surface area contributed by atoms with E-state index in [-0.39, 0.29) is 29.8 Å². The number of hydrogen-bond acceptors (Lipinski definition) is 5. The maximum absolute atomic E-state index is 12.6. The highest BCUT2D eigenvalue weighted by Gasteiger charge is 2.28. The van der Waals surface area contributed by atoms with E-state index in [0.29, 0.717) is 31.9 Å². The van der Waals surface area contributed by atoms with Crippen molar-refractivity contribution in [2.24, 2.45) is 5.92 Å². The van der Waals surface area contributed by atoms with E-state index in [0.717, 1.165) is 5.56 Å². The molecule has 7 heteroatoms. The van der Waals surface area contributed by atoms with Crippen LogP contribution in [0.5, 0.6) is 0 Å². The van der Waals surface area contributed by atoms with Crippen LogP contribution in [0.2, 0.25) is 0 Å². The van der Waals surface area contributed by atoms with Crippen LogP contribution in [0.3, 0.4) is 0 Å². The van der Waals surface area contributed by atoms with E-state index >= 15 is 0 Å². The van der Waals surface area contributed by atoms with E-state index in [1.807, 2.05) is 26.0 Å². The van der Waals surface area contributed by atoms with Crippen LogP contribution in [0.25, 0.3) is 0 Å². The van der Waals surface area contributed by atoms with Gasteiger partial charge in [-0.3, -0.25) is 9.59 Å². The molecule has 1 saturated heterocycles. The maximum Gasteiger partial charge on any atom is 0.329 e. The van der Waals surface area contributed by atoms with Gasteiger partial charge in [0, 0.05) is 18.7 Å². The third-order valence-electron chi connectivity index (χ3n) is 4.92. The molecular formula is C22H32N2O5. The smallest absolute Gasteiger partial charge is 0.329 e. The summed E-state index contributed by atoms with van der Waals surface area (Å²) in [6, 6.07) is 6.50. The fourth-order valence-corrected chi connectivity index (χ4v) is 2.97. The molecule has 1 atom stereocenters. The van der Waals surface area contributed by atoms with E-state index < -0.39 is 12.0 Å². The predicted molar refractivity (Wildman–Crippen MR) is 110 cm³/mol. The number of nitrogens with one attached hydrogen (secondary N) is 1. The highest BCUT2D eigenvalue weighted by Crippen LogP contribution is 2.22. The van der Waals surface area contributed by atoms with E-state index in [1.54, 1.807) is 17.0 Å². The molecule has 29 heavy (non-hydrogen) atoms. The molecule has 7 nitrogen and oxygen atoms in total. The predicted octanol–water partition coefficient (Wildman–Crippen LogP) is 2.14. The molecule has 0 spiro atoms. The summed E-state index contributed by atoms with van der Waals surface area (Å²) in [6.07, 6.45) is 0. The lowest BCUT2D eigenvalue weighted by molar-refractivity contribution is -0.155. The van der Waals surface area contributed by atoms with Crippen molar-refractivity contribution in [2.75, 3.05) is 32.9 Å². The van der Waals surface area contributed by atoms with Crippen molar-refractivity contribution in [3.05, 3.63) is 35.4 Å². The molecule has 1 aliphatic heterocycles. The molecule has 2 rings (SSSR count). The second-order valence-corrected chi connectivity index (χ2v) is 8.62. The molecule has 1 aliphatic rings. The molecule has 1 N–H and O–H groups in total. The highest BCUT2D eigenvalue weighted by molar-refractivity contribution is 5.97. The lowest BCUT2D eigenvalue weighted by Crippen LogP contribution is -2.47. The number of esters is 1. The average molecular weight is 405 g/mol. The topological polar surface area (TPSA) is 84.9 Å². The Morgan fingerprint density at radius 3 is 2.21 bits per heavy atom. The number of benzene rings is 1. The SMILES string of the molecule is CC(C)[C@@H](NC(=O)c1ccc(C(C)(C)C)cc1)C(=O)OCC(=O)N1CCOCC1. The molecule has 0 bridgehead atoms. The monoisotopic (exact) mass is 404 g/mol. The maximum atomic E-state index is 12.6.